The van der Waals surface area contributed by atoms with Gasteiger partial charge in [-0.25, -0.2) is 0 Å². The minimum absolute atomic E-state index is 0.539. The lowest BCUT2D eigenvalue weighted by molar-refractivity contribution is 0.169. The van der Waals surface area contributed by atoms with Crippen molar-refractivity contribution in [2.45, 2.75) is 32.2 Å². The summed E-state index contributed by atoms with van der Waals surface area (Å²) in [6.45, 7) is 8.08. The molecule has 2 fully saturated rings. The van der Waals surface area contributed by atoms with Gasteiger partial charge in [-0.2, -0.15) is 0 Å². The zero-order valence-corrected chi connectivity index (χ0v) is 11.8. The molecule has 1 aliphatic carbocycles. The highest BCUT2D eigenvalue weighted by atomic mass is 16.5. The third-order valence-electron chi connectivity index (χ3n) is 4.36. The maximum atomic E-state index is 5.56. The second kappa shape index (κ2) is 6.85. The highest BCUT2D eigenvalue weighted by Crippen LogP contribution is 2.48. The molecular weight excluding hydrogens is 228 g/mol. The number of ether oxygens (including phenoxy) is 2. The third-order valence-corrected chi connectivity index (χ3v) is 4.36. The van der Waals surface area contributed by atoms with E-state index < -0.39 is 0 Å². The third kappa shape index (κ3) is 3.92. The van der Waals surface area contributed by atoms with Crippen LogP contribution in [-0.2, 0) is 9.47 Å². The molecule has 1 saturated heterocycles. The standard InChI is InChI=1S/C14H28N2O2/c1-3-16-13-10-18-9-12(13)8-15-11-14(4-5-14)6-7-17-2/h12-13,15-16H,3-11H2,1-2H3. The first kappa shape index (κ1) is 14.3. The summed E-state index contributed by atoms with van der Waals surface area (Å²) in [5, 5.41) is 7.16. The van der Waals surface area contributed by atoms with Crippen molar-refractivity contribution in [2.75, 3.05) is 46.6 Å². The molecule has 0 radical (unpaired) electrons. The van der Waals surface area contributed by atoms with Crippen LogP contribution in [0.2, 0.25) is 0 Å². The minimum atomic E-state index is 0.539. The molecule has 4 nitrogen and oxygen atoms in total. The summed E-state index contributed by atoms with van der Waals surface area (Å²) < 4.78 is 10.8. The van der Waals surface area contributed by atoms with Crippen molar-refractivity contribution in [1.82, 2.24) is 10.6 Å². The molecule has 0 amide bonds. The van der Waals surface area contributed by atoms with E-state index in [2.05, 4.69) is 17.6 Å². The predicted octanol–water partition coefficient (Wildman–Crippen LogP) is 1.02. The molecule has 0 bridgehead atoms. The van der Waals surface area contributed by atoms with Crippen LogP contribution in [0.5, 0.6) is 0 Å². The Hall–Kier alpha value is -0.160. The predicted molar refractivity (Wildman–Crippen MR) is 72.8 cm³/mol. The van der Waals surface area contributed by atoms with Crippen molar-refractivity contribution in [2.24, 2.45) is 11.3 Å². The Morgan fingerprint density at radius 3 is 2.83 bits per heavy atom. The lowest BCUT2D eigenvalue weighted by atomic mass is 10.0. The molecule has 0 aromatic carbocycles. The largest absolute Gasteiger partial charge is 0.385 e. The van der Waals surface area contributed by atoms with Gasteiger partial charge < -0.3 is 20.1 Å². The Balaban J connectivity index is 1.63. The molecule has 4 heteroatoms. The number of rotatable bonds is 9. The number of methoxy groups -OCH3 is 1. The lowest BCUT2D eigenvalue weighted by Gasteiger charge is -2.21. The summed E-state index contributed by atoms with van der Waals surface area (Å²) in [4.78, 5) is 0. The molecule has 2 atom stereocenters. The van der Waals surface area contributed by atoms with Crippen molar-refractivity contribution < 1.29 is 9.47 Å². The van der Waals surface area contributed by atoms with Gasteiger partial charge >= 0.3 is 0 Å². The fourth-order valence-corrected chi connectivity index (χ4v) is 2.82. The van der Waals surface area contributed by atoms with Crippen molar-refractivity contribution in [3.05, 3.63) is 0 Å². The molecule has 2 unspecified atom stereocenters. The topological polar surface area (TPSA) is 42.5 Å². The van der Waals surface area contributed by atoms with Gasteiger partial charge in [-0.05, 0) is 31.2 Å². The highest BCUT2D eigenvalue weighted by Gasteiger charge is 2.41. The van der Waals surface area contributed by atoms with Gasteiger partial charge in [0.1, 0.15) is 0 Å². The fourth-order valence-electron chi connectivity index (χ4n) is 2.82. The minimum Gasteiger partial charge on any atom is -0.385 e. The van der Waals surface area contributed by atoms with Gasteiger partial charge in [0.15, 0.2) is 0 Å². The van der Waals surface area contributed by atoms with E-state index in [0.29, 0.717) is 17.4 Å². The van der Waals surface area contributed by atoms with Crippen LogP contribution in [0.25, 0.3) is 0 Å². The summed E-state index contributed by atoms with van der Waals surface area (Å²) in [5.74, 6) is 0.628. The van der Waals surface area contributed by atoms with Crippen LogP contribution in [0.1, 0.15) is 26.2 Å². The van der Waals surface area contributed by atoms with Crippen LogP contribution in [-0.4, -0.2) is 52.6 Å². The Labute approximate surface area is 111 Å². The van der Waals surface area contributed by atoms with E-state index in [1.807, 2.05) is 0 Å². The summed E-state index contributed by atoms with van der Waals surface area (Å²) in [6, 6.07) is 0.539. The van der Waals surface area contributed by atoms with E-state index in [1.54, 1.807) is 7.11 Å². The Kier molecular flexibility index (Phi) is 5.42. The normalized spacial score (nSPS) is 29.7. The maximum absolute atomic E-state index is 5.56. The molecule has 0 spiro atoms. The van der Waals surface area contributed by atoms with Gasteiger partial charge in [0, 0.05) is 38.8 Å². The lowest BCUT2D eigenvalue weighted by Crippen LogP contribution is -2.41. The smallest absolute Gasteiger partial charge is 0.0623 e. The molecule has 2 rings (SSSR count). The molecule has 0 aromatic heterocycles. The Bertz CT molecular complexity index is 244. The molecule has 1 saturated carbocycles. The number of hydrogen-bond acceptors (Lipinski definition) is 4. The van der Waals surface area contributed by atoms with Gasteiger partial charge in [-0.1, -0.05) is 6.92 Å². The van der Waals surface area contributed by atoms with Crippen molar-refractivity contribution in [3.8, 4) is 0 Å². The van der Waals surface area contributed by atoms with Crippen LogP contribution in [0.3, 0.4) is 0 Å². The van der Waals surface area contributed by atoms with E-state index in [0.717, 1.165) is 39.5 Å². The second-order valence-corrected chi connectivity index (χ2v) is 5.84. The molecule has 0 aromatic rings. The van der Waals surface area contributed by atoms with Crippen LogP contribution in [0, 0.1) is 11.3 Å². The molecule has 1 heterocycles. The number of likely N-dealkylation sites (N-methyl/N-ethyl adjacent to an activating group) is 1. The zero-order valence-electron chi connectivity index (χ0n) is 11.8. The first-order chi connectivity index (χ1) is 8.79. The number of hydrogen-bond donors (Lipinski definition) is 2. The van der Waals surface area contributed by atoms with E-state index in [-0.39, 0.29) is 0 Å². The van der Waals surface area contributed by atoms with E-state index in [9.17, 15) is 0 Å². The first-order valence-electron chi connectivity index (χ1n) is 7.30. The summed E-state index contributed by atoms with van der Waals surface area (Å²) in [5.41, 5.74) is 0.545. The van der Waals surface area contributed by atoms with Gasteiger partial charge in [-0.3, -0.25) is 0 Å². The second-order valence-electron chi connectivity index (χ2n) is 5.84. The number of nitrogens with one attached hydrogen (secondary N) is 2. The average Bonchev–Trinajstić information content (AvgIpc) is 3.01. The monoisotopic (exact) mass is 256 g/mol. The first-order valence-corrected chi connectivity index (χ1v) is 7.30. The molecular formula is C14H28N2O2. The van der Waals surface area contributed by atoms with E-state index in [4.69, 9.17) is 9.47 Å². The van der Waals surface area contributed by atoms with Gasteiger partial charge in [-0.15, -0.1) is 0 Å². The summed E-state index contributed by atoms with van der Waals surface area (Å²) >= 11 is 0. The van der Waals surface area contributed by atoms with E-state index in [1.165, 1.54) is 19.3 Å². The fraction of sp³-hybridized carbons (Fsp3) is 1.00. The quantitative estimate of drug-likeness (QED) is 0.646. The van der Waals surface area contributed by atoms with Crippen LogP contribution in [0.15, 0.2) is 0 Å². The Morgan fingerprint density at radius 2 is 2.17 bits per heavy atom. The molecule has 2 aliphatic rings. The van der Waals surface area contributed by atoms with Gasteiger partial charge in [0.05, 0.1) is 13.2 Å². The van der Waals surface area contributed by atoms with Crippen molar-refractivity contribution >= 4 is 0 Å². The average molecular weight is 256 g/mol. The van der Waals surface area contributed by atoms with Crippen molar-refractivity contribution in [1.29, 1.82) is 0 Å². The highest BCUT2D eigenvalue weighted by molar-refractivity contribution is 4.95. The van der Waals surface area contributed by atoms with Gasteiger partial charge in [0.2, 0.25) is 0 Å². The Morgan fingerprint density at radius 1 is 1.33 bits per heavy atom. The summed E-state index contributed by atoms with van der Waals surface area (Å²) in [6.07, 6.45) is 3.93. The van der Waals surface area contributed by atoms with E-state index >= 15 is 0 Å². The van der Waals surface area contributed by atoms with Crippen LogP contribution < -0.4 is 10.6 Å². The SMILES string of the molecule is CCNC1COCC1CNCC1(CCOC)CC1. The molecule has 106 valence electrons. The van der Waals surface area contributed by atoms with Gasteiger partial charge in [0.25, 0.3) is 0 Å². The summed E-state index contributed by atoms with van der Waals surface area (Å²) in [7, 11) is 1.79. The zero-order chi connectivity index (χ0) is 12.8. The molecule has 2 N–H and O–H groups in total. The molecule has 18 heavy (non-hydrogen) atoms. The maximum Gasteiger partial charge on any atom is 0.0623 e. The molecule has 1 aliphatic heterocycles. The van der Waals surface area contributed by atoms with Crippen molar-refractivity contribution in [3.63, 3.8) is 0 Å². The van der Waals surface area contributed by atoms with Crippen LogP contribution in [0.4, 0.5) is 0 Å². The van der Waals surface area contributed by atoms with Crippen LogP contribution >= 0.6 is 0 Å².